The fourth-order valence-electron chi connectivity index (χ4n) is 2.71. The van der Waals surface area contributed by atoms with Crippen molar-refractivity contribution in [1.82, 2.24) is 10.2 Å². The largest absolute Gasteiger partial charge is 0.468 e. The molecule has 2 heterocycles. The van der Waals surface area contributed by atoms with Gasteiger partial charge in [-0.05, 0) is 45.4 Å². The van der Waals surface area contributed by atoms with Crippen molar-refractivity contribution in [2.75, 3.05) is 13.1 Å². The van der Waals surface area contributed by atoms with Gasteiger partial charge in [0.2, 0.25) is 0 Å². The van der Waals surface area contributed by atoms with Gasteiger partial charge in [0.25, 0.3) is 0 Å². The Morgan fingerprint density at radius 1 is 1.53 bits per heavy atom. The molecule has 0 spiro atoms. The topological polar surface area (TPSA) is 28.4 Å². The minimum absolute atomic E-state index is 0.611. The molecule has 0 radical (unpaired) electrons. The van der Waals surface area contributed by atoms with Crippen molar-refractivity contribution in [1.29, 1.82) is 0 Å². The minimum Gasteiger partial charge on any atom is -0.468 e. The van der Waals surface area contributed by atoms with Gasteiger partial charge in [0.1, 0.15) is 5.76 Å². The van der Waals surface area contributed by atoms with Gasteiger partial charge in [-0.15, -0.1) is 0 Å². The summed E-state index contributed by atoms with van der Waals surface area (Å²) in [7, 11) is 0. The van der Waals surface area contributed by atoms with Crippen LogP contribution in [0.4, 0.5) is 0 Å². The lowest BCUT2D eigenvalue weighted by molar-refractivity contribution is 0.113. The normalized spacial score (nSPS) is 23.8. The molecule has 3 heteroatoms. The Balaban J connectivity index is 1.71. The van der Waals surface area contributed by atoms with Crippen LogP contribution in [0.25, 0.3) is 0 Å². The lowest BCUT2D eigenvalue weighted by atomic mass is 10.0. The molecule has 17 heavy (non-hydrogen) atoms. The molecule has 2 atom stereocenters. The second-order valence-electron chi connectivity index (χ2n) is 5.14. The zero-order valence-corrected chi connectivity index (χ0v) is 11.0. The summed E-state index contributed by atoms with van der Waals surface area (Å²) in [6, 6.07) is 5.30. The first-order valence-electron chi connectivity index (χ1n) is 6.76. The Morgan fingerprint density at radius 3 is 3.12 bits per heavy atom. The lowest BCUT2D eigenvalue weighted by Gasteiger charge is -2.38. The van der Waals surface area contributed by atoms with Crippen LogP contribution in [-0.2, 0) is 6.54 Å². The zero-order chi connectivity index (χ0) is 12.1. The maximum Gasteiger partial charge on any atom is 0.117 e. The molecule has 1 saturated heterocycles. The summed E-state index contributed by atoms with van der Waals surface area (Å²) in [5.74, 6) is 1.02. The Labute approximate surface area is 104 Å². The van der Waals surface area contributed by atoms with Crippen LogP contribution >= 0.6 is 0 Å². The predicted molar refractivity (Wildman–Crippen MR) is 69.9 cm³/mol. The number of nitrogens with one attached hydrogen (secondary N) is 1. The van der Waals surface area contributed by atoms with Gasteiger partial charge in [-0.3, -0.25) is 4.90 Å². The van der Waals surface area contributed by atoms with Gasteiger partial charge in [0.15, 0.2) is 0 Å². The van der Waals surface area contributed by atoms with Crippen LogP contribution < -0.4 is 5.32 Å². The van der Waals surface area contributed by atoms with Crippen LogP contribution in [0.1, 0.15) is 38.9 Å². The highest BCUT2D eigenvalue weighted by molar-refractivity contribution is 4.97. The number of rotatable bonds is 5. The molecule has 1 N–H and O–H groups in total. The van der Waals surface area contributed by atoms with E-state index in [1.807, 2.05) is 12.1 Å². The summed E-state index contributed by atoms with van der Waals surface area (Å²) < 4.78 is 5.31. The molecule has 96 valence electrons. The van der Waals surface area contributed by atoms with Crippen molar-refractivity contribution >= 4 is 0 Å². The summed E-state index contributed by atoms with van der Waals surface area (Å²) in [4.78, 5) is 2.62. The Hall–Kier alpha value is -0.800. The lowest BCUT2D eigenvalue weighted by Crippen LogP contribution is -2.47. The van der Waals surface area contributed by atoms with E-state index >= 15 is 0 Å². The molecule has 2 unspecified atom stereocenters. The Morgan fingerprint density at radius 2 is 2.41 bits per heavy atom. The van der Waals surface area contributed by atoms with Crippen LogP contribution in [-0.4, -0.2) is 30.1 Å². The fraction of sp³-hybridized carbons (Fsp3) is 0.714. The summed E-state index contributed by atoms with van der Waals surface area (Å²) in [5.41, 5.74) is 0. The molecule has 0 saturated carbocycles. The van der Waals surface area contributed by atoms with E-state index < -0.39 is 0 Å². The van der Waals surface area contributed by atoms with Gasteiger partial charge in [0, 0.05) is 18.6 Å². The molecule has 3 nitrogen and oxygen atoms in total. The molecule has 1 fully saturated rings. The second kappa shape index (κ2) is 6.22. The number of hydrogen-bond acceptors (Lipinski definition) is 3. The molecular weight excluding hydrogens is 212 g/mol. The van der Waals surface area contributed by atoms with Gasteiger partial charge < -0.3 is 9.73 Å². The van der Waals surface area contributed by atoms with Crippen molar-refractivity contribution in [2.45, 2.75) is 51.7 Å². The number of furan rings is 1. The van der Waals surface area contributed by atoms with Crippen molar-refractivity contribution in [3.05, 3.63) is 24.2 Å². The monoisotopic (exact) mass is 236 g/mol. The van der Waals surface area contributed by atoms with Gasteiger partial charge in [0.05, 0.1) is 12.8 Å². The van der Waals surface area contributed by atoms with Gasteiger partial charge in [-0.25, -0.2) is 0 Å². The minimum atomic E-state index is 0.611. The van der Waals surface area contributed by atoms with E-state index in [0.717, 1.165) is 24.9 Å². The van der Waals surface area contributed by atoms with E-state index in [4.69, 9.17) is 4.42 Å². The van der Waals surface area contributed by atoms with Crippen LogP contribution in [0, 0.1) is 0 Å². The zero-order valence-electron chi connectivity index (χ0n) is 11.0. The van der Waals surface area contributed by atoms with Crippen molar-refractivity contribution in [2.24, 2.45) is 0 Å². The molecule has 0 aliphatic carbocycles. The SMILES string of the molecule is CC1CCCCN1C(C)CNCc1ccco1. The first-order chi connectivity index (χ1) is 8.27. The fourth-order valence-corrected chi connectivity index (χ4v) is 2.71. The third-order valence-corrected chi connectivity index (χ3v) is 3.74. The summed E-state index contributed by atoms with van der Waals surface area (Å²) in [6.07, 6.45) is 5.83. The number of nitrogens with zero attached hydrogens (tertiary/aromatic N) is 1. The van der Waals surface area contributed by atoms with E-state index in [9.17, 15) is 0 Å². The van der Waals surface area contributed by atoms with Crippen molar-refractivity contribution < 1.29 is 4.42 Å². The van der Waals surface area contributed by atoms with Gasteiger partial charge in [-0.2, -0.15) is 0 Å². The van der Waals surface area contributed by atoms with E-state index in [-0.39, 0.29) is 0 Å². The van der Waals surface area contributed by atoms with Gasteiger partial charge >= 0.3 is 0 Å². The first kappa shape index (κ1) is 12.7. The molecule has 0 bridgehead atoms. The Bertz CT molecular complexity index is 310. The van der Waals surface area contributed by atoms with Crippen LogP contribution in [0.15, 0.2) is 22.8 Å². The van der Waals surface area contributed by atoms with Crippen LogP contribution in [0.3, 0.4) is 0 Å². The highest BCUT2D eigenvalue weighted by Gasteiger charge is 2.22. The molecule has 1 aromatic rings. The van der Waals surface area contributed by atoms with E-state index in [0.29, 0.717) is 6.04 Å². The smallest absolute Gasteiger partial charge is 0.117 e. The molecule has 1 aliphatic heterocycles. The maximum absolute atomic E-state index is 5.31. The number of piperidine rings is 1. The third-order valence-electron chi connectivity index (χ3n) is 3.74. The van der Waals surface area contributed by atoms with E-state index in [1.165, 1.54) is 25.8 Å². The highest BCUT2D eigenvalue weighted by Crippen LogP contribution is 2.18. The average molecular weight is 236 g/mol. The van der Waals surface area contributed by atoms with Gasteiger partial charge in [-0.1, -0.05) is 6.42 Å². The summed E-state index contributed by atoms with van der Waals surface area (Å²) >= 11 is 0. The molecule has 2 rings (SSSR count). The molecule has 1 aromatic heterocycles. The Kier molecular flexibility index (Phi) is 4.63. The highest BCUT2D eigenvalue weighted by atomic mass is 16.3. The molecule has 0 aromatic carbocycles. The third kappa shape index (κ3) is 3.58. The molecule has 1 aliphatic rings. The van der Waals surface area contributed by atoms with Crippen molar-refractivity contribution in [3.63, 3.8) is 0 Å². The second-order valence-corrected chi connectivity index (χ2v) is 5.14. The first-order valence-corrected chi connectivity index (χ1v) is 6.76. The quantitative estimate of drug-likeness (QED) is 0.852. The standard InChI is InChI=1S/C14H24N2O/c1-12-6-3-4-8-16(12)13(2)10-15-11-14-7-5-9-17-14/h5,7,9,12-13,15H,3-4,6,8,10-11H2,1-2H3. The number of hydrogen-bond donors (Lipinski definition) is 1. The molecular formula is C14H24N2O. The van der Waals surface area contributed by atoms with E-state index in [2.05, 4.69) is 24.1 Å². The van der Waals surface area contributed by atoms with E-state index in [1.54, 1.807) is 6.26 Å². The van der Waals surface area contributed by atoms with Crippen molar-refractivity contribution in [3.8, 4) is 0 Å². The number of likely N-dealkylation sites (tertiary alicyclic amines) is 1. The summed E-state index contributed by atoms with van der Waals surface area (Å²) in [6.45, 7) is 7.79. The summed E-state index contributed by atoms with van der Waals surface area (Å²) in [5, 5.41) is 3.47. The maximum atomic E-state index is 5.31. The van der Waals surface area contributed by atoms with Crippen LogP contribution in [0.5, 0.6) is 0 Å². The average Bonchev–Trinajstić information content (AvgIpc) is 2.82. The van der Waals surface area contributed by atoms with Crippen LogP contribution in [0.2, 0.25) is 0 Å². The predicted octanol–water partition coefficient (Wildman–Crippen LogP) is 2.63. The molecule has 0 amide bonds.